The molecule has 0 unspecified atom stereocenters. The Hall–Kier alpha value is -2.62. The number of carbonyl (C=O) groups excluding carboxylic acids is 2. The quantitative estimate of drug-likeness (QED) is 0.845. The third kappa shape index (κ3) is 4.69. The Morgan fingerprint density at radius 2 is 1.32 bits per heavy atom. The molecule has 25 heavy (non-hydrogen) atoms. The number of nitrogens with one attached hydrogen (secondary N) is 1. The SMILES string of the molecule is CC(C)[C@@H](NC(=O)C(=O)N(C)[C@@H](C)c1ccccc1)c1ccccc1. The average Bonchev–Trinajstić information content (AvgIpc) is 2.65. The van der Waals surface area contributed by atoms with Crippen molar-refractivity contribution in [2.24, 2.45) is 5.92 Å². The van der Waals surface area contributed by atoms with Gasteiger partial charge in [-0.05, 0) is 24.0 Å². The molecule has 0 heterocycles. The van der Waals surface area contributed by atoms with Crippen LogP contribution in [0.3, 0.4) is 0 Å². The minimum atomic E-state index is -0.576. The van der Waals surface area contributed by atoms with E-state index in [0.717, 1.165) is 11.1 Å². The first kappa shape index (κ1) is 18.7. The second-order valence-electron chi connectivity index (χ2n) is 6.61. The summed E-state index contributed by atoms with van der Waals surface area (Å²) in [6.45, 7) is 5.97. The van der Waals surface area contributed by atoms with Crippen LogP contribution in [-0.4, -0.2) is 23.8 Å². The lowest BCUT2D eigenvalue weighted by Gasteiger charge is -2.27. The number of carbonyl (C=O) groups is 2. The van der Waals surface area contributed by atoms with E-state index < -0.39 is 11.8 Å². The van der Waals surface area contributed by atoms with Crippen molar-refractivity contribution >= 4 is 11.8 Å². The summed E-state index contributed by atoms with van der Waals surface area (Å²) in [6, 6.07) is 19.0. The van der Waals surface area contributed by atoms with Gasteiger partial charge in [-0.25, -0.2) is 0 Å². The zero-order chi connectivity index (χ0) is 18.4. The van der Waals surface area contributed by atoms with Gasteiger partial charge in [0.2, 0.25) is 0 Å². The van der Waals surface area contributed by atoms with Crippen molar-refractivity contribution in [3.63, 3.8) is 0 Å². The van der Waals surface area contributed by atoms with E-state index in [1.165, 1.54) is 4.90 Å². The van der Waals surface area contributed by atoms with E-state index in [1.54, 1.807) is 7.05 Å². The Morgan fingerprint density at radius 1 is 0.840 bits per heavy atom. The van der Waals surface area contributed by atoms with Crippen LogP contribution in [0.4, 0.5) is 0 Å². The highest BCUT2D eigenvalue weighted by atomic mass is 16.2. The van der Waals surface area contributed by atoms with Gasteiger partial charge in [-0.1, -0.05) is 74.5 Å². The standard InChI is InChI=1S/C21H26N2O2/c1-15(2)19(18-13-9-6-10-14-18)22-20(24)21(25)23(4)16(3)17-11-7-5-8-12-17/h5-16,19H,1-4H3,(H,22,24)/t16-,19+/m0/s1. The first-order chi connectivity index (χ1) is 11.9. The lowest BCUT2D eigenvalue weighted by molar-refractivity contribution is -0.146. The molecule has 0 bridgehead atoms. The maximum absolute atomic E-state index is 12.6. The molecule has 1 N–H and O–H groups in total. The lowest BCUT2D eigenvalue weighted by Crippen LogP contribution is -2.44. The molecule has 4 heteroatoms. The molecular formula is C21H26N2O2. The third-order valence-electron chi connectivity index (χ3n) is 4.49. The molecule has 2 aromatic carbocycles. The second kappa shape index (κ2) is 8.47. The van der Waals surface area contributed by atoms with Crippen molar-refractivity contribution in [2.45, 2.75) is 32.9 Å². The van der Waals surface area contributed by atoms with Crippen molar-refractivity contribution in [3.8, 4) is 0 Å². The van der Waals surface area contributed by atoms with Gasteiger partial charge in [0.1, 0.15) is 0 Å². The Balaban J connectivity index is 2.09. The summed E-state index contributed by atoms with van der Waals surface area (Å²) >= 11 is 0. The number of likely N-dealkylation sites (N-methyl/N-ethyl adjacent to an activating group) is 1. The predicted molar refractivity (Wildman–Crippen MR) is 99.8 cm³/mol. The van der Waals surface area contributed by atoms with Crippen LogP contribution >= 0.6 is 0 Å². The fraction of sp³-hybridized carbons (Fsp3) is 0.333. The first-order valence-electron chi connectivity index (χ1n) is 8.59. The summed E-state index contributed by atoms with van der Waals surface area (Å²) in [5.74, 6) is -0.929. The van der Waals surface area contributed by atoms with Crippen LogP contribution in [0.15, 0.2) is 60.7 Å². The molecule has 0 spiro atoms. The molecule has 0 aromatic heterocycles. The van der Waals surface area contributed by atoms with E-state index >= 15 is 0 Å². The monoisotopic (exact) mass is 338 g/mol. The third-order valence-corrected chi connectivity index (χ3v) is 4.49. The van der Waals surface area contributed by atoms with Gasteiger partial charge >= 0.3 is 11.8 Å². The van der Waals surface area contributed by atoms with Gasteiger partial charge in [0.25, 0.3) is 0 Å². The number of rotatable bonds is 5. The number of benzene rings is 2. The summed E-state index contributed by atoms with van der Waals surface area (Å²) in [5, 5.41) is 2.89. The first-order valence-corrected chi connectivity index (χ1v) is 8.59. The highest BCUT2D eigenvalue weighted by molar-refractivity contribution is 6.35. The summed E-state index contributed by atoms with van der Waals surface area (Å²) in [7, 11) is 1.66. The van der Waals surface area contributed by atoms with Gasteiger partial charge in [0, 0.05) is 7.05 Å². The molecule has 2 atom stereocenters. The molecule has 0 saturated heterocycles. The molecule has 0 fully saturated rings. The highest BCUT2D eigenvalue weighted by Crippen LogP contribution is 2.22. The molecule has 4 nitrogen and oxygen atoms in total. The van der Waals surface area contributed by atoms with Crippen LogP contribution < -0.4 is 5.32 Å². The largest absolute Gasteiger partial charge is 0.341 e. The van der Waals surface area contributed by atoms with Crippen LogP contribution in [0, 0.1) is 5.92 Å². The molecule has 132 valence electrons. The minimum absolute atomic E-state index is 0.173. The van der Waals surface area contributed by atoms with E-state index in [4.69, 9.17) is 0 Å². The van der Waals surface area contributed by atoms with E-state index in [-0.39, 0.29) is 18.0 Å². The summed E-state index contributed by atoms with van der Waals surface area (Å²) in [6.07, 6.45) is 0. The molecule has 2 amide bonds. The normalized spacial score (nSPS) is 13.2. The zero-order valence-electron chi connectivity index (χ0n) is 15.3. The number of hydrogen-bond acceptors (Lipinski definition) is 2. The Morgan fingerprint density at radius 3 is 1.80 bits per heavy atom. The van der Waals surface area contributed by atoms with E-state index in [2.05, 4.69) is 5.32 Å². The molecule has 0 aliphatic carbocycles. The Labute approximate surface area is 149 Å². The van der Waals surface area contributed by atoms with E-state index in [0.29, 0.717) is 0 Å². The van der Waals surface area contributed by atoms with Crippen LogP contribution in [-0.2, 0) is 9.59 Å². The van der Waals surface area contributed by atoms with Crippen molar-refractivity contribution < 1.29 is 9.59 Å². The maximum Gasteiger partial charge on any atom is 0.312 e. The Bertz CT molecular complexity index is 698. The van der Waals surface area contributed by atoms with Gasteiger partial charge in [-0.15, -0.1) is 0 Å². The van der Waals surface area contributed by atoms with Crippen molar-refractivity contribution in [2.75, 3.05) is 7.05 Å². The van der Waals surface area contributed by atoms with Crippen molar-refractivity contribution in [1.82, 2.24) is 10.2 Å². The summed E-state index contributed by atoms with van der Waals surface area (Å²) < 4.78 is 0. The maximum atomic E-state index is 12.6. The predicted octanol–water partition coefficient (Wildman–Crippen LogP) is 3.72. The van der Waals surface area contributed by atoms with Crippen LogP contribution in [0.1, 0.15) is 44.0 Å². The smallest absolute Gasteiger partial charge is 0.312 e. The fourth-order valence-corrected chi connectivity index (χ4v) is 2.79. The van der Waals surface area contributed by atoms with Gasteiger partial charge < -0.3 is 10.2 Å². The van der Waals surface area contributed by atoms with Gasteiger partial charge in [-0.2, -0.15) is 0 Å². The number of hydrogen-bond donors (Lipinski definition) is 1. The van der Waals surface area contributed by atoms with Crippen molar-refractivity contribution in [1.29, 1.82) is 0 Å². The second-order valence-corrected chi connectivity index (χ2v) is 6.61. The fourth-order valence-electron chi connectivity index (χ4n) is 2.79. The van der Waals surface area contributed by atoms with Crippen molar-refractivity contribution in [3.05, 3.63) is 71.8 Å². The Kier molecular flexibility index (Phi) is 6.34. The molecular weight excluding hydrogens is 312 g/mol. The lowest BCUT2D eigenvalue weighted by atomic mass is 9.96. The molecule has 0 aliphatic rings. The number of nitrogens with zero attached hydrogens (tertiary/aromatic N) is 1. The average molecular weight is 338 g/mol. The van der Waals surface area contributed by atoms with Gasteiger partial charge in [0.15, 0.2) is 0 Å². The highest BCUT2D eigenvalue weighted by Gasteiger charge is 2.27. The van der Waals surface area contributed by atoms with E-state index in [1.807, 2.05) is 81.4 Å². The van der Waals surface area contributed by atoms with Gasteiger partial charge in [-0.3, -0.25) is 9.59 Å². The zero-order valence-corrected chi connectivity index (χ0v) is 15.3. The van der Waals surface area contributed by atoms with Crippen LogP contribution in [0.2, 0.25) is 0 Å². The molecule has 2 aromatic rings. The van der Waals surface area contributed by atoms with E-state index in [9.17, 15) is 9.59 Å². The minimum Gasteiger partial charge on any atom is -0.341 e. The topological polar surface area (TPSA) is 49.4 Å². The number of amides is 2. The summed E-state index contributed by atoms with van der Waals surface area (Å²) in [5.41, 5.74) is 1.99. The molecule has 2 rings (SSSR count). The van der Waals surface area contributed by atoms with Crippen LogP contribution in [0.5, 0.6) is 0 Å². The molecule has 0 saturated carbocycles. The van der Waals surface area contributed by atoms with Gasteiger partial charge in [0.05, 0.1) is 12.1 Å². The molecule has 0 aliphatic heterocycles. The van der Waals surface area contributed by atoms with Crippen LogP contribution in [0.25, 0.3) is 0 Å². The molecule has 0 radical (unpaired) electrons. The summed E-state index contributed by atoms with van der Waals surface area (Å²) in [4.78, 5) is 26.5.